The third kappa shape index (κ3) is 7.52. The van der Waals surface area contributed by atoms with Crippen LogP contribution in [0.3, 0.4) is 0 Å². The number of furan rings is 1. The Kier molecular flexibility index (Phi) is 14.3. The highest BCUT2D eigenvalue weighted by Gasteiger charge is 2.31. The predicted molar refractivity (Wildman–Crippen MR) is 370 cm³/mol. The van der Waals surface area contributed by atoms with Crippen molar-refractivity contribution >= 4 is 454 Å². The van der Waals surface area contributed by atoms with Crippen LogP contribution in [0.25, 0.3) is 98.8 Å². The Hall–Kier alpha value is -4.49. The first-order valence-corrected chi connectivity index (χ1v) is 23.1. The van der Waals surface area contributed by atoms with Gasteiger partial charge in [-0.15, -0.1) is 43.7 Å². The maximum Gasteiger partial charge on any atom is 0.127 e. The molecule has 0 N–H and O–H groups in total. The molecule has 9 aromatic carbocycles. The van der Waals surface area contributed by atoms with Gasteiger partial charge in [-0.05, 0) is 76.8 Å². The zero-order chi connectivity index (χ0) is 58.4. The monoisotopic (exact) mass is 922 g/mol. The van der Waals surface area contributed by atoms with Gasteiger partial charge in [-0.25, -0.2) is 0 Å². The van der Waals surface area contributed by atoms with Gasteiger partial charge in [0.05, 0.1) is 0 Å². The summed E-state index contributed by atoms with van der Waals surface area (Å²) in [6, 6.07) is 0. The summed E-state index contributed by atoms with van der Waals surface area (Å²) in [5, 5.41) is 0.223. The molecule has 31 heteroatoms. The van der Waals surface area contributed by atoms with Crippen molar-refractivity contribution in [2.75, 3.05) is 0 Å². The van der Waals surface area contributed by atoms with E-state index >= 15 is 0 Å². The number of hydrogen-bond donors (Lipinski definition) is 0. The van der Waals surface area contributed by atoms with Gasteiger partial charge >= 0.3 is 0 Å². The van der Waals surface area contributed by atoms with Gasteiger partial charge in [0.25, 0.3) is 0 Å². The molecule has 0 fully saturated rings. The van der Waals surface area contributed by atoms with E-state index in [0.29, 0.717) is 0 Å². The standard InChI is InChI=1S/C48B30O/c49-17-9(27(59)32(64)14-10(17)33(65)41(73)42(74)34(14)66)12-28(60)23(55)7(24(56)29(12)61)1-3-5(21(53)39(71)37(69)19(3)51)2(6-4(1)20(52)38(70)40(72)22(6)54)8-25(57)30(62)13(31(63)26(8)58)11-18(50)15-16-36(68)43(75)44(76)46(78)48(16)79-47(15)45(77)35(11)67. The summed E-state index contributed by atoms with van der Waals surface area (Å²) in [5.74, 6) is 0. The first-order valence-electron chi connectivity index (χ1n) is 23.1. The van der Waals surface area contributed by atoms with Gasteiger partial charge in [0.2, 0.25) is 0 Å². The van der Waals surface area contributed by atoms with Crippen LogP contribution in [0.15, 0.2) is 4.42 Å². The molecule has 1 heterocycles. The highest BCUT2D eigenvalue weighted by atomic mass is 16.3. The molecule has 0 atom stereocenters. The molecule has 0 amide bonds. The summed E-state index contributed by atoms with van der Waals surface area (Å²) in [6.45, 7) is 0. The Balaban J connectivity index is 1.37. The molecule has 1 aromatic heterocycles. The fourth-order valence-electron chi connectivity index (χ4n) is 11.0. The predicted octanol–water partition coefficient (Wildman–Crippen LogP) is -22.5. The van der Waals surface area contributed by atoms with Gasteiger partial charge in [-0.1, -0.05) is 120 Å². The van der Waals surface area contributed by atoms with E-state index in [1.807, 2.05) is 0 Å². The van der Waals surface area contributed by atoms with Crippen LogP contribution in [0.1, 0.15) is 0 Å². The summed E-state index contributed by atoms with van der Waals surface area (Å²) in [7, 11) is 203. The molecule has 0 unspecified atom stereocenters. The molecule has 0 saturated heterocycles. The minimum atomic E-state index is -0.289. The summed E-state index contributed by atoms with van der Waals surface area (Å²) in [5.41, 5.74) is -6.02. The van der Waals surface area contributed by atoms with Gasteiger partial charge < -0.3 is 4.42 Å². The van der Waals surface area contributed by atoms with E-state index in [1.54, 1.807) is 0 Å². The summed E-state index contributed by atoms with van der Waals surface area (Å²) < 4.78 is 6.09. The molecule has 1 nitrogen and oxygen atoms in total. The number of benzene rings is 9. The molecular formula is C48B30O. The fraction of sp³-hybridized carbons (Fsp3) is 0. The normalized spacial score (nSPS) is 11.8. The van der Waals surface area contributed by atoms with Crippen LogP contribution in [0.2, 0.25) is 0 Å². The molecular weight excluding hydrogens is 917 g/mol. The lowest BCUT2D eigenvalue weighted by atomic mass is 9.54. The van der Waals surface area contributed by atoms with E-state index in [9.17, 15) is 0 Å². The Morgan fingerprint density at radius 2 is 0.266 bits per heavy atom. The second kappa shape index (κ2) is 19.6. The smallest absolute Gasteiger partial charge is 0.127 e. The van der Waals surface area contributed by atoms with Gasteiger partial charge in [-0.2, -0.15) is 0 Å². The van der Waals surface area contributed by atoms with Crippen LogP contribution >= 0.6 is 0 Å². The van der Waals surface area contributed by atoms with Crippen LogP contribution in [0.4, 0.5) is 0 Å². The first kappa shape index (κ1) is 57.7. The van der Waals surface area contributed by atoms with E-state index in [-0.39, 0.29) is 263 Å². The van der Waals surface area contributed by atoms with Crippen molar-refractivity contribution in [3.63, 3.8) is 0 Å². The van der Waals surface area contributed by atoms with E-state index in [4.69, 9.17) is 240 Å². The highest BCUT2D eigenvalue weighted by molar-refractivity contribution is 6.78. The lowest BCUT2D eigenvalue weighted by molar-refractivity contribution is 0.675. The number of fused-ring (bicyclic) bond motifs is 6. The molecule has 0 saturated carbocycles. The molecule has 0 spiro atoms. The van der Waals surface area contributed by atoms with Crippen molar-refractivity contribution < 1.29 is 4.42 Å². The molecule has 10 aromatic rings. The van der Waals surface area contributed by atoms with Crippen molar-refractivity contribution in [1.82, 2.24) is 0 Å². The molecule has 0 aliphatic rings. The Bertz CT molecular complexity index is 4460. The first-order chi connectivity index (χ1) is 36.8. The molecule has 10 rings (SSSR count). The molecule has 0 aliphatic heterocycles. The minimum Gasteiger partial charge on any atom is -0.457 e. The molecule has 79 heavy (non-hydrogen) atoms. The van der Waals surface area contributed by atoms with Gasteiger partial charge in [-0.3, -0.25) is 0 Å². The summed E-state index contributed by atoms with van der Waals surface area (Å²) in [4.78, 5) is 0. The minimum absolute atomic E-state index is 0.0156. The van der Waals surface area contributed by atoms with E-state index < -0.39 is 0 Å². The van der Waals surface area contributed by atoms with E-state index in [2.05, 4.69) is 0 Å². The molecule has 0 aliphatic carbocycles. The third-order valence-electron chi connectivity index (χ3n) is 15.3. The van der Waals surface area contributed by atoms with Crippen molar-refractivity contribution in [2.24, 2.45) is 0 Å². The molecule has 60 radical (unpaired) electrons. The van der Waals surface area contributed by atoms with Gasteiger partial charge in [0.1, 0.15) is 247 Å². The Morgan fingerprint density at radius 3 is 0.570 bits per heavy atom. The van der Waals surface area contributed by atoms with Gasteiger partial charge in [0, 0.05) is 10.8 Å². The maximum atomic E-state index is 7.19. The van der Waals surface area contributed by atoms with Crippen molar-refractivity contribution in [3.8, 4) is 44.5 Å². The SMILES string of the molecule is [B]c1c([B])c(-c2c3c([B])c([B])c([B])c([B])c3c(-c3c([B])c([B])c(-c4c([B])c([B])c5oc6c([B])c([B])c([B])c([B])c6c5c4[B])c([B])c3[B])c3c([B])c([B])c([B])c([B])c23)c([B])c([B])c1-c1c([B])c([B])c2c([B])c([B])c([B])c([B])c2c1[B]. The Morgan fingerprint density at radius 1 is 0.114 bits per heavy atom. The maximum absolute atomic E-state index is 7.19. The lowest BCUT2D eigenvalue weighted by Crippen LogP contribution is -2.53. The topological polar surface area (TPSA) is 13.1 Å². The van der Waals surface area contributed by atoms with Crippen LogP contribution in [0.5, 0.6) is 0 Å². The van der Waals surface area contributed by atoms with Crippen molar-refractivity contribution in [2.45, 2.75) is 0 Å². The average Bonchev–Trinajstić information content (AvgIpc) is 4.01. The van der Waals surface area contributed by atoms with Crippen LogP contribution < -0.4 is 164 Å². The Labute approximate surface area is 498 Å². The zero-order valence-corrected chi connectivity index (χ0v) is 41.7. The quantitative estimate of drug-likeness (QED) is 0.127. The average molecular weight is 917 g/mol. The highest BCUT2D eigenvalue weighted by Crippen LogP contribution is 2.39. The number of hydrogen-bond acceptors (Lipinski definition) is 1. The molecule has 0 bridgehead atoms. The lowest BCUT2D eigenvalue weighted by Gasteiger charge is -2.33. The largest absolute Gasteiger partial charge is 0.457 e. The number of rotatable bonds is 4. The fourth-order valence-corrected chi connectivity index (χ4v) is 11.0. The summed E-state index contributed by atoms with van der Waals surface area (Å²) in [6.07, 6.45) is 0. The van der Waals surface area contributed by atoms with E-state index in [1.165, 1.54) is 0 Å². The van der Waals surface area contributed by atoms with Crippen molar-refractivity contribution in [3.05, 3.63) is 0 Å². The van der Waals surface area contributed by atoms with Crippen LogP contribution in [0, 0.1) is 0 Å². The second-order valence-corrected chi connectivity index (χ2v) is 19.2. The summed E-state index contributed by atoms with van der Waals surface area (Å²) >= 11 is 0. The van der Waals surface area contributed by atoms with Crippen LogP contribution in [-0.2, 0) is 0 Å². The van der Waals surface area contributed by atoms with Crippen molar-refractivity contribution in [1.29, 1.82) is 0 Å². The second-order valence-electron chi connectivity index (χ2n) is 19.2. The van der Waals surface area contributed by atoms with Gasteiger partial charge in [0.15, 0.2) is 0 Å². The molecule has 288 valence electrons. The zero-order valence-electron chi connectivity index (χ0n) is 41.7. The third-order valence-corrected chi connectivity index (χ3v) is 15.3. The van der Waals surface area contributed by atoms with Crippen LogP contribution in [-0.4, -0.2) is 235 Å². The van der Waals surface area contributed by atoms with E-state index in [0.717, 1.165) is 0 Å².